The average molecular weight is 387 g/mol. The number of nitrogens with zero attached hydrogens (tertiary/aromatic N) is 2. The number of nitrogens with one attached hydrogen (secondary N) is 3. The minimum Gasteiger partial charge on any atom is -0.338 e. The van der Waals surface area contributed by atoms with Crippen molar-refractivity contribution in [2.75, 3.05) is 69.1 Å². The SMILES string of the molecule is O=C1CN(C(=O)C[NH+]2CC[NH+](CC(=O)N3CCCC3)CC2)c2ccccc2N1. The largest absolute Gasteiger partial charge is 0.338 e. The molecule has 3 N–H and O–H groups in total. The van der Waals surface area contributed by atoms with E-state index in [9.17, 15) is 14.4 Å². The third-order valence-corrected chi connectivity index (χ3v) is 6.00. The number of carbonyl (C=O) groups is 3. The van der Waals surface area contributed by atoms with E-state index in [0.717, 1.165) is 57.8 Å². The molecule has 2 saturated heterocycles. The van der Waals surface area contributed by atoms with Crippen LogP contribution in [0.15, 0.2) is 24.3 Å². The number of anilines is 2. The number of likely N-dealkylation sites (tertiary alicyclic amines) is 1. The molecule has 0 unspecified atom stereocenters. The van der Waals surface area contributed by atoms with Crippen LogP contribution in [0.1, 0.15) is 12.8 Å². The first-order chi connectivity index (χ1) is 13.6. The Hall–Kier alpha value is -2.45. The molecule has 0 radical (unpaired) electrons. The highest BCUT2D eigenvalue weighted by atomic mass is 16.2. The predicted octanol–water partition coefficient (Wildman–Crippen LogP) is -2.62. The molecule has 3 heterocycles. The average Bonchev–Trinajstić information content (AvgIpc) is 3.24. The highest BCUT2D eigenvalue weighted by Crippen LogP contribution is 2.28. The summed E-state index contributed by atoms with van der Waals surface area (Å²) in [6.07, 6.45) is 2.25. The number of piperazine rings is 1. The lowest BCUT2D eigenvalue weighted by molar-refractivity contribution is -1.00. The van der Waals surface area contributed by atoms with Gasteiger partial charge in [0.05, 0.1) is 11.4 Å². The van der Waals surface area contributed by atoms with Crippen molar-refractivity contribution in [1.82, 2.24) is 4.90 Å². The van der Waals surface area contributed by atoms with Gasteiger partial charge in [-0.15, -0.1) is 0 Å². The normalized spacial score (nSPS) is 24.6. The second kappa shape index (κ2) is 8.28. The zero-order valence-electron chi connectivity index (χ0n) is 16.2. The Bertz CT molecular complexity index is 754. The van der Waals surface area contributed by atoms with Gasteiger partial charge in [0.1, 0.15) is 32.7 Å². The molecule has 8 heteroatoms. The van der Waals surface area contributed by atoms with Crippen molar-refractivity contribution in [1.29, 1.82) is 0 Å². The van der Waals surface area contributed by atoms with Gasteiger partial charge >= 0.3 is 0 Å². The Morgan fingerprint density at radius 3 is 2.21 bits per heavy atom. The van der Waals surface area contributed by atoms with E-state index in [1.165, 1.54) is 9.80 Å². The van der Waals surface area contributed by atoms with E-state index < -0.39 is 0 Å². The number of hydrogen-bond donors (Lipinski definition) is 3. The van der Waals surface area contributed by atoms with E-state index in [4.69, 9.17) is 0 Å². The summed E-state index contributed by atoms with van der Waals surface area (Å²) in [6, 6.07) is 7.42. The highest BCUT2D eigenvalue weighted by molar-refractivity contribution is 6.10. The number of hydrogen-bond acceptors (Lipinski definition) is 3. The maximum absolute atomic E-state index is 12.9. The van der Waals surface area contributed by atoms with Gasteiger partial charge in [0.25, 0.3) is 11.8 Å². The Kier molecular flexibility index (Phi) is 5.59. The van der Waals surface area contributed by atoms with E-state index in [-0.39, 0.29) is 24.3 Å². The van der Waals surface area contributed by atoms with Crippen molar-refractivity contribution in [3.63, 3.8) is 0 Å². The smallest absolute Gasteiger partial charge is 0.282 e. The van der Waals surface area contributed by atoms with Gasteiger partial charge in [-0.1, -0.05) is 12.1 Å². The number of para-hydroxylation sites is 2. The second-order valence-corrected chi connectivity index (χ2v) is 7.99. The van der Waals surface area contributed by atoms with Crippen LogP contribution < -0.4 is 20.0 Å². The van der Waals surface area contributed by atoms with E-state index in [2.05, 4.69) is 5.32 Å². The van der Waals surface area contributed by atoms with Gasteiger partial charge < -0.3 is 20.0 Å². The Morgan fingerprint density at radius 1 is 0.929 bits per heavy atom. The van der Waals surface area contributed by atoms with Crippen LogP contribution in [-0.4, -0.2) is 81.5 Å². The van der Waals surface area contributed by atoms with E-state index in [1.807, 2.05) is 29.2 Å². The van der Waals surface area contributed by atoms with Crippen LogP contribution in [-0.2, 0) is 14.4 Å². The van der Waals surface area contributed by atoms with Crippen LogP contribution in [0.3, 0.4) is 0 Å². The summed E-state index contributed by atoms with van der Waals surface area (Å²) in [5.74, 6) is 0.0913. The molecule has 28 heavy (non-hydrogen) atoms. The topological polar surface area (TPSA) is 78.6 Å². The Morgan fingerprint density at radius 2 is 1.54 bits per heavy atom. The molecule has 8 nitrogen and oxygen atoms in total. The molecular formula is C20H29N5O3+2. The van der Waals surface area contributed by atoms with Crippen LogP contribution in [0.4, 0.5) is 11.4 Å². The summed E-state index contributed by atoms with van der Waals surface area (Å²) in [5.41, 5.74) is 1.46. The number of amides is 3. The lowest BCUT2D eigenvalue weighted by atomic mass is 10.2. The molecule has 150 valence electrons. The lowest BCUT2D eigenvalue weighted by Gasteiger charge is -2.33. The maximum atomic E-state index is 12.9. The van der Waals surface area contributed by atoms with Crippen LogP contribution in [0, 0.1) is 0 Å². The first-order valence-electron chi connectivity index (χ1n) is 10.2. The van der Waals surface area contributed by atoms with Gasteiger partial charge in [0.2, 0.25) is 5.91 Å². The van der Waals surface area contributed by atoms with Crippen molar-refractivity contribution >= 4 is 29.1 Å². The highest BCUT2D eigenvalue weighted by Gasteiger charge is 2.32. The number of fused-ring (bicyclic) bond motifs is 1. The van der Waals surface area contributed by atoms with Crippen LogP contribution in [0.2, 0.25) is 0 Å². The van der Waals surface area contributed by atoms with Gasteiger partial charge in [0.15, 0.2) is 13.1 Å². The standard InChI is InChI=1S/C20H27N5O3/c26-18-13-25(17-6-2-1-5-16(17)21-18)20(28)15-23-11-9-22(10-12-23)14-19(27)24-7-3-4-8-24/h1-2,5-6H,3-4,7-15H2,(H,21,26)/p+2. The van der Waals surface area contributed by atoms with Gasteiger partial charge in [-0.05, 0) is 25.0 Å². The molecule has 0 saturated carbocycles. The van der Waals surface area contributed by atoms with Crippen LogP contribution in [0.25, 0.3) is 0 Å². The van der Waals surface area contributed by atoms with E-state index >= 15 is 0 Å². The minimum atomic E-state index is -0.156. The quantitative estimate of drug-likeness (QED) is 0.529. The van der Waals surface area contributed by atoms with Gasteiger partial charge in [-0.3, -0.25) is 19.3 Å². The maximum Gasteiger partial charge on any atom is 0.282 e. The monoisotopic (exact) mass is 387 g/mol. The van der Waals surface area contributed by atoms with Crippen LogP contribution in [0.5, 0.6) is 0 Å². The van der Waals surface area contributed by atoms with Crippen molar-refractivity contribution in [2.24, 2.45) is 0 Å². The fourth-order valence-electron chi connectivity index (χ4n) is 4.37. The minimum absolute atomic E-state index is 0.0195. The summed E-state index contributed by atoms with van der Waals surface area (Å²) in [6.45, 7) is 6.39. The van der Waals surface area contributed by atoms with Crippen molar-refractivity contribution in [3.05, 3.63) is 24.3 Å². The number of carbonyl (C=O) groups excluding carboxylic acids is 3. The molecule has 2 fully saturated rings. The second-order valence-electron chi connectivity index (χ2n) is 7.99. The Balaban J connectivity index is 1.28. The molecule has 3 aliphatic rings. The molecule has 0 aromatic heterocycles. The summed E-state index contributed by atoms with van der Waals surface area (Å²) in [7, 11) is 0. The first-order valence-corrected chi connectivity index (χ1v) is 10.2. The summed E-state index contributed by atoms with van der Waals surface area (Å²) in [5, 5.41) is 2.82. The van der Waals surface area contributed by atoms with Gasteiger partial charge in [-0.2, -0.15) is 0 Å². The third kappa shape index (κ3) is 4.18. The third-order valence-electron chi connectivity index (χ3n) is 6.00. The molecule has 1 aromatic carbocycles. The van der Waals surface area contributed by atoms with Crippen molar-refractivity contribution in [2.45, 2.75) is 12.8 Å². The fraction of sp³-hybridized carbons (Fsp3) is 0.550. The first kappa shape index (κ1) is 18.9. The fourth-order valence-corrected chi connectivity index (χ4v) is 4.37. The number of rotatable bonds is 4. The molecular weight excluding hydrogens is 358 g/mol. The lowest BCUT2D eigenvalue weighted by Crippen LogP contribution is -3.28. The molecule has 0 aliphatic carbocycles. The number of benzene rings is 1. The molecule has 0 spiro atoms. The van der Waals surface area contributed by atoms with E-state index in [1.54, 1.807) is 4.90 Å². The molecule has 0 bridgehead atoms. The van der Waals surface area contributed by atoms with Gasteiger partial charge in [0, 0.05) is 13.1 Å². The zero-order valence-corrected chi connectivity index (χ0v) is 16.2. The zero-order chi connectivity index (χ0) is 19.5. The van der Waals surface area contributed by atoms with E-state index in [0.29, 0.717) is 18.8 Å². The molecule has 3 aliphatic heterocycles. The van der Waals surface area contributed by atoms with Gasteiger partial charge in [-0.25, -0.2) is 0 Å². The Labute approximate surface area is 165 Å². The summed E-state index contributed by atoms with van der Waals surface area (Å²) < 4.78 is 0. The van der Waals surface area contributed by atoms with Crippen molar-refractivity contribution in [3.8, 4) is 0 Å². The predicted molar refractivity (Wildman–Crippen MR) is 104 cm³/mol. The number of quaternary nitrogens is 2. The molecule has 0 atom stereocenters. The molecule has 1 aromatic rings. The summed E-state index contributed by atoms with van der Waals surface area (Å²) in [4.78, 5) is 43.2. The molecule has 3 amide bonds. The van der Waals surface area contributed by atoms with Crippen LogP contribution >= 0.6 is 0 Å². The van der Waals surface area contributed by atoms with Crippen molar-refractivity contribution < 1.29 is 24.2 Å². The summed E-state index contributed by atoms with van der Waals surface area (Å²) >= 11 is 0. The molecule has 4 rings (SSSR count).